The quantitative estimate of drug-likeness (QED) is 0.890. The molecular weight excluding hydrogens is 274 g/mol. The van der Waals surface area contributed by atoms with Crippen LogP contribution in [-0.4, -0.2) is 33.7 Å². The number of benzene rings is 1. The lowest BCUT2D eigenvalue weighted by molar-refractivity contribution is -0.139. The van der Waals surface area contributed by atoms with Gasteiger partial charge in [-0.3, -0.25) is 0 Å². The molecule has 7 heteroatoms. The summed E-state index contributed by atoms with van der Waals surface area (Å²) in [6.45, 7) is -0.579. The van der Waals surface area contributed by atoms with E-state index < -0.39 is 18.5 Å². The zero-order chi connectivity index (χ0) is 14.0. The Labute approximate surface area is 112 Å². The first kappa shape index (κ1) is 13.1. The van der Waals surface area contributed by atoms with E-state index in [1.54, 1.807) is 6.07 Å². The Balaban J connectivity index is 2.58. The fourth-order valence-electron chi connectivity index (χ4n) is 1.54. The van der Waals surface area contributed by atoms with Gasteiger partial charge in [-0.25, -0.2) is 14.6 Å². The van der Waals surface area contributed by atoms with Crippen LogP contribution in [-0.2, 0) is 4.79 Å². The predicted molar refractivity (Wildman–Crippen MR) is 66.8 cm³/mol. The number of hydrogen-bond donors (Lipinski definition) is 2. The molecule has 1 heterocycles. The fourth-order valence-corrected chi connectivity index (χ4v) is 1.71. The van der Waals surface area contributed by atoms with Gasteiger partial charge in [0.2, 0.25) is 0 Å². The molecule has 98 valence electrons. The van der Waals surface area contributed by atoms with Crippen LogP contribution in [0.1, 0.15) is 10.5 Å². The minimum Gasteiger partial charge on any atom is -0.481 e. The summed E-state index contributed by atoms with van der Waals surface area (Å²) in [4.78, 5) is 25.4. The van der Waals surface area contributed by atoms with Crippen molar-refractivity contribution in [3.05, 3.63) is 35.0 Å². The number of pyridine rings is 1. The summed E-state index contributed by atoms with van der Waals surface area (Å²) < 4.78 is 5.07. The molecule has 0 saturated heterocycles. The Bertz CT molecular complexity index is 670. The molecule has 2 N–H and O–H groups in total. The molecule has 2 rings (SSSR count). The second kappa shape index (κ2) is 5.11. The SMILES string of the molecule is O=C(O)COc1cc(C(=O)O)nc2ccc(Cl)cc12. The first-order valence-electron chi connectivity index (χ1n) is 5.15. The van der Waals surface area contributed by atoms with Crippen molar-refractivity contribution in [2.24, 2.45) is 0 Å². The summed E-state index contributed by atoms with van der Waals surface area (Å²) in [5.41, 5.74) is 0.139. The molecule has 2 aromatic rings. The maximum Gasteiger partial charge on any atom is 0.354 e. The highest BCUT2D eigenvalue weighted by molar-refractivity contribution is 6.31. The number of carboxylic acids is 2. The second-order valence-corrected chi connectivity index (χ2v) is 4.09. The van der Waals surface area contributed by atoms with Gasteiger partial charge in [0.05, 0.1) is 5.52 Å². The van der Waals surface area contributed by atoms with E-state index >= 15 is 0 Å². The second-order valence-electron chi connectivity index (χ2n) is 3.65. The number of aromatic carboxylic acids is 1. The fraction of sp³-hybridized carbons (Fsp3) is 0.0833. The number of nitrogens with zero attached hydrogens (tertiary/aromatic N) is 1. The lowest BCUT2D eigenvalue weighted by Crippen LogP contribution is -2.11. The molecule has 0 atom stereocenters. The normalized spacial score (nSPS) is 10.4. The first-order chi connectivity index (χ1) is 8.97. The number of aromatic nitrogens is 1. The van der Waals surface area contributed by atoms with Gasteiger partial charge in [0.15, 0.2) is 12.3 Å². The summed E-state index contributed by atoms with van der Waals surface area (Å²) in [5.74, 6) is -2.27. The summed E-state index contributed by atoms with van der Waals surface area (Å²) in [7, 11) is 0. The minimum absolute atomic E-state index is 0.118. The van der Waals surface area contributed by atoms with Crippen molar-refractivity contribution in [3.63, 3.8) is 0 Å². The summed E-state index contributed by atoms with van der Waals surface area (Å²) in [5, 5.41) is 18.4. The van der Waals surface area contributed by atoms with Gasteiger partial charge in [-0.2, -0.15) is 0 Å². The first-order valence-corrected chi connectivity index (χ1v) is 5.53. The number of aliphatic carboxylic acids is 1. The third-order valence-corrected chi connectivity index (χ3v) is 2.54. The minimum atomic E-state index is -1.22. The van der Waals surface area contributed by atoms with E-state index in [4.69, 9.17) is 26.6 Å². The summed E-state index contributed by atoms with van der Waals surface area (Å²) in [6, 6.07) is 5.80. The third-order valence-electron chi connectivity index (χ3n) is 2.30. The van der Waals surface area contributed by atoms with Crippen LogP contribution in [0.3, 0.4) is 0 Å². The van der Waals surface area contributed by atoms with Crippen molar-refractivity contribution in [1.29, 1.82) is 0 Å². The van der Waals surface area contributed by atoms with Gasteiger partial charge >= 0.3 is 11.9 Å². The monoisotopic (exact) mass is 281 g/mol. The van der Waals surface area contributed by atoms with Crippen LogP contribution in [0.25, 0.3) is 10.9 Å². The molecule has 0 aliphatic carbocycles. The van der Waals surface area contributed by atoms with Crippen LogP contribution in [0.5, 0.6) is 5.75 Å². The van der Waals surface area contributed by atoms with Gasteiger partial charge in [0.1, 0.15) is 5.75 Å². The molecule has 0 radical (unpaired) electrons. The lowest BCUT2D eigenvalue weighted by Gasteiger charge is -2.08. The zero-order valence-corrected chi connectivity index (χ0v) is 10.2. The van der Waals surface area contributed by atoms with E-state index in [0.29, 0.717) is 15.9 Å². The maximum absolute atomic E-state index is 10.9. The zero-order valence-electron chi connectivity index (χ0n) is 9.46. The predicted octanol–water partition coefficient (Wildman–Crippen LogP) is 2.05. The van der Waals surface area contributed by atoms with Crippen molar-refractivity contribution in [2.75, 3.05) is 6.61 Å². The topological polar surface area (TPSA) is 96.7 Å². The average molecular weight is 282 g/mol. The lowest BCUT2D eigenvalue weighted by atomic mass is 10.2. The van der Waals surface area contributed by atoms with Crippen LogP contribution >= 0.6 is 11.6 Å². The maximum atomic E-state index is 10.9. The van der Waals surface area contributed by atoms with Gasteiger partial charge in [-0.15, -0.1) is 0 Å². The van der Waals surface area contributed by atoms with Crippen molar-refractivity contribution in [1.82, 2.24) is 4.98 Å². The molecule has 0 bridgehead atoms. The number of halogens is 1. The van der Waals surface area contributed by atoms with Crippen molar-refractivity contribution < 1.29 is 24.5 Å². The Morgan fingerprint density at radius 1 is 1.26 bits per heavy atom. The van der Waals surface area contributed by atoms with Crippen LogP contribution in [0.4, 0.5) is 0 Å². The largest absolute Gasteiger partial charge is 0.481 e. The van der Waals surface area contributed by atoms with Crippen molar-refractivity contribution in [2.45, 2.75) is 0 Å². The van der Waals surface area contributed by atoms with Crippen molar-refractivity contribution in [3.8, 4) is 5.75 Å². The van der Waals surface area contributed by atoms with Gasteiger partial charge in [-0.05, 0) is 18.2 Å². The molecular formula is C12H8ClNO5. The van der Waals surface area contributed by atoms with Crippen LogP contribution < -0.4 is 4.74 Å². The van der Waals surface area contributed by atoms with E-state index in [1.807, 2.05) is 0 Å². The molecule has 0 fully saturated rings. The Morgan fingerprint density at radius 2 is 2.00 bits per heavy atom. The van der Waals surface area contributed by atoms with Gasteiger partial charge in [0, 0.05) is 16.5 Å². The average Bonchev–Trinajstić information content (AvgIpc) is 2.35. The van der Waals surface area contributed by atoms with E-state index in [2.05, 4.69) is 4.98 Å². The molecule has 0 aliphatic heterocycles. The number of ether oxygens (including phenoxy) is 1. The number of carbonyl (C=O) groups is 2. The van der Waals surface area contributed by atoms with Gasteiger partial charge in [0.25, 0.3) is 0 Å². The summed E-state index contributed by atoms with van der Waals surface area (Å²) in [6.07, 6.45) is 0. The molecule has 1 aromatic heterocycles. The highest BCUT2D eigenvalue weighted by Crippen LogP contribution is 2.28. The van der Waals surface area contributed by atoms with Crippen LogP contribution in [0.15, 0.2) is 24.3 Å². The number of carboxylic acid groups (broad SMARTS) is 2. The molecule has 1 aromatic carbocycles. The van der Waals surface area contributed by atoms with Crippen LogP contribution in [0.2, 0.25) is 5.02 Å². The van der Waals surface area contributed by atoms with Gasteiger partial charge in [-0.1, -0.05) is 11.6 Å². The Kier molecular flexibility index (Phi) is 3.52. The number of fused-ring (bicyclic) bond motifs is 1. The van der Waals surface area contributed by atoms with Crippen molar-refractivity contribution >= 4 is 34.4 Å². The van der Waals surface area contributed by atoms with Crippen LogP contribution in [0, 0.1) is 0 Å². The third kappa shape index (κ3) is 2.92. The van der Waals surface area contributed by atoms with E-state index in [-0.39, 0.29) is 11.4 Å². The van der Waals surface area contributed by atoms with E-state index in [9.17, 15) is 9.59 Å². The Morgan fingerprint density at radius 3 is 2.63 bits per heavy atom. The highest BCUT2D eigenvalue weighted by atomic mass is 35.5. The summed E-state index contributed by atoms with van der Waals surface area (Å²) >= 11 is 5.84. The molecule has 0 amide bonds. The molecule has 0 unspecified atom stereocenters. The Hall–Kier alpha value is -2.34. The molecule has 0 saturated carbocycles. The number of rotatable bonds is 4. The van der Waals surface area contributed by atoms with Gasteiger partial charge < -0.3 is 14.9 Å². The molecule has 0 spiro atoms. The van der Waals surface area contributed by atoms with E-state index in [0.717, 1.165) is 0 Å². The smallest absolute Gasteiger partial charge is 0.354 e. The van der Waals surface area contributed by atoms with E-state index in [1.165, 1.54) is 18.2 Å². The molecule has 19 heavy (non-hydrogen) atoms. The standard InChI is InChI=1S/C12H8ClNO5/c13-6-1-2-8-7(3-6)10(19-5-11(15)16)4-9(14-8)12(17)18/h1-4H,5H2,(H,15,16)(H,17,18). The highest BCUT2D eigenvalue weighted by Gasteiger charge is 2.13. The molecule has 6 nitrogen and oxygen atoms in total. The number of hydrogen-bond acceptors (Lipinski definition) is 4. The molecule has 0 aliphatic rings.